The molecule has 4 rings (SSSR count). The number of aromatic amines is 1. The number of halogens is 1. The van der Waals surface area contributed by atoms with Gasteiger partial charge in [-0.2, -0.15) is 0 Å². The van der Waals surface area contributed by atoms with Crippen LogP contribution in [0.5, 0.6) is 0 Å². The molecular weight excluding hydrogens is 299 g/mol. The molecule has 0 saturated carbocycles. The second-order valence-corrected chi connectivity index (χ2v) is 6.37. The summed E-state index contributed by atoms with van der Waals surface area (Å²) in [5.74, 6) is -0.174. The third-order valence-electron chi connectivity index (χ3n) is 4.90. The van der Waals surface area contributed by atoms with Crippen molar-refractivity contribution < 1.29 is 4.39 Å². The second-order valence-electron chi connectivity index (χ2n) is 6.37. The number of fused-ring (bicyclic) bond motifs is 1. The normalized spacial score (nSPS) is 15.6. The first-order valence-corrected chi connectivity index (χ1v) is 8.52. The Labute approximate surface area is 141 Å². The predicted molar refractivity (Wildman–Crippen MR) is 97.4 cm³/mol. The fourth-order valence-corrected chi connectivity index (χ4v) is 3.51. The van der Waals surface area contributed by atoms with Crippen LogP contribution in [0.2, 0.25) is 0 Å². The average Bonchev–Trinajstić information content (AvgIpc) is 3.13. The number of nitrogens with one attached hydrogen (secondary N) is 1. The van der Waals surface area contributed by atoms with Gasteiger partial charge in [-0.25, -0.2) is 4.39 Å². The highest BCUT2D eigenvalue weighted by Gasteiger charge is 2.14. The molecule has 1 aromatic heterocycles. The third kappa shape index (κ3) is 3.00. The largest absolute Gasteiger partial charge is 0.359 e. The lowest BCUT2D eigenvalue weighted by molar-refractivity contribution is 0.306. The molecule has 0 saturated heterocycles. The van der Waals surface area contributed by atoms with Gasteiger partial charge in [0.1, 0.15) is 5.82 Å². The highest BCUT2D eigenvalue weighted by Crippen LogP contribution is 2.24. The number of H-pyrrole nitrogens is 1. The lowest BCUT2D eigenvalue weighted by Gasteiger charge is -2.26. The summed E-state index contributed by atoms with van der Waals surface area (Å²) in [6.07, 6.45) is 6.19. The summed E-state index contributed by atoms with van der Waals surface area (Å²) < 4.78 is 13.7. The number of aromatic nitrogens is 1. The van der Waals surface area contributed by atoms with E-state index in [1.807, 2.05) is 18.3 Å². The fraction of sp³-hybridized carbons (Fsp3) is 0.238. The molecule has 122 valence electrons. The molecule has 2 aromatic carbocycles. The van der Waals surface area contributed by atoms with Crippen LogP contribution in [0.25, 0.3) is 16.5 Å². The standard InChI is InChI=1S/C21H21FN2/c22-20-7-6-18(19-8-12-23-21(19)20)11-15-24-13-9-17(10-14-24)16-4-2-1-3-5-16/h1-9,12,23H,10-11,13-15H2. The smallest absolute Gasteiger partial charge is 0.147 e. The van der Waals surface area contributed by atoms with Crippen LogP contribution < -0.4 is 0 Å². The molecule has 0 bridgehead atoms. The second kappa shape index (κ2) is 6.62. The molecular formula is C21H21FN2. The van der Waals surface area contributed by atoms with Crippen molar-refractivity contribution in [2.24, 2.45) is 0 Å². The van der Waals surface area contributed by atoms with E-state index in [0.717, 1.165) is 37.9 Å². The number of benzene rings is 2. The Morgan fingerprint density at radius 1 is 1.04 bits per heavy atom. The average molecular weight is 320 g/mol. The zero-order chi connectivity index (χ0) is 16.4. The van der Waals surface area contributed by atoms with Crippen molar-refractivity contribution in [3.63, 3.8) is 0 Å². The van der Waals surface area contributed by atoms with E-state index in [-0.39, 0.29) is 5.82 Å². The van der Waals surface area contributed by atoms with Crippen molar-refractivity contribution in [3.05, 3.63) is 77.7 Å². The summed E-state index contributed by atoms with van der Waals surface area (Å²) in [4.78, 5) is 5.46. The van der Waals surface area contributed by atoms with Gasteiger partial charge in [-0.15, -0.1) is 0 Å². The third-order valence-corrected chi connectivity index (χ3v) is 4.90. The summed E-state index contributed by atoms with van der Waals surface area (Å²) in [7, 11) is 0. The molecule has 0 fully saturated rings. The van der Waals surface area contributed by atoms with Crippen LogP contribution in [0.4, 0.5) is 4.39 Å². The van der Waals surface area contributed by atoms with Crippen LogP contribution in [-0.4, -0.2) is 29.5 Å². The molecule has 0 unspecified atom stereocenters. The van der Waals surface area contributed by atoms with Gasteiger partial charge in [-0.3, -0.25) is 4.90 Å². The van der Waals surface area contributed by atoms with Crippen molar-refractivity contribution in [3.8, 4) is 0 Å². The number of rotatable bonds is 4. The van der Waals surface area contributed by atoms with Gasteiger partial charge in [0.25, 0.3) is 0 Å². The number of hydrogen-bond donors (Lipinski definition) is 1. The molecule has 0 radical (unpaired) electrons. The topological polar surface area (TPSA) is 19.0 Å². The van der Waals surface area contributed by atoms with E-state index in [1.165, 1.54) is 16.7 Å². The van der Waals surface area contributed by atoms with Crippen LogP contribution in [0.15, 0.2) is 60.8 Å². The highest BCUT2D eigenvalue weighted by atomic mass is 19.1. The van der Waals surface area contributed by atoms with Crippen LogP contribution in [-0.2, 0) is 6.42 Å². The lowest BCUT2D eigenvalue weighted by Crippen LogP contribution is -2.30. The molecule has 0 amide bonds. The molecule has 3 heteroatoms. The Hall–Kier alpha value is -2.39. The van der Waals surface area contributed by atoms with E-state index < -0.39 is 0 Å². The summed E-state index contributed by atoms with van der Waals surface area (Å²) >= 11 is 0. The molecule has 1 aliphatic heterocycles. The maximum absolute atomic E-state index is 13.7. The zero-order valence-electron chi connectivity index (χ0n) is 13.6. The predicted octanol–water partition coefficient (Wildman–Crippen LogP) is 4.64. The maximum Gasteiger partial charge on any atom is 0.147 e. The Kier molecular flexibility index (Phi) is 4.18. The molecule has 24 heavy (non-hydrogen) atoms. The monoisotopic (exact) mass is 320 g/mol. The van der Waals surface area contributed by atoms with Crippen molar-refractivity contribution in [2.45, 2.75) is 12.8 Å². The first-order valence-electron chi connectivity index (χ1n) is 8.52. The fourth-order valence-electron chi connectivity index (χ4n) is 3.51. The quantitative estimate of drug-likeness (QED) is 0.742. The molecule has 1 aliphatic rings. The van der Waals surface area contributed by atoms with Gasteiger partial charge in [-0.05, 0) is 41.7 Å². The van der Waals surface area contributed by atoms with E-state index in [4.69, 9.17) is 0 Å². The molecule has 0 spiro atoms. The molecule has 2 nitrogen and oxygen atoms in total. The summed E-state index contributed by atoms with van der Waals surface area (Å²) in [5, 5.41) is 1.01. The van der Waals surface area contributed by atoms with Gasteiger partial charge in [-0.1, -0.05) is 42.5 Å². The van der Waals surface area contributed by atoms with Crippen LogP contribution >= 0.6 is 0 Å². The van der Waals surface area contributed by atoms with Gasteiger partial charge in [0, 0.05) is 31.2 Å². The van der Waals surface area contributed by atoms with Gasteiger partial charge < -0.3 is 4.98 Å². The summed E-state index contributed by atoms with van der Waals surface area (Å²) in [5.41, 5.74) is 4.62. The summed E-state index contributed by atoms with van der Waals surface area (Å²) in [6.45, 7) is 3.07. The van der Waals surface area contributed by atoms with E-state index in [0.29, 0.717) is 5.52 Å². The lowest BCUT2D eigenvalue weighted by atomic mass is 9.99. The van der Waals surface area contributed by atoms with Crippen molar-refractivity contribution in [1.82, 2.24) is 9.88 Å². The first-order chi connectivity index (χ1) is 11.8. The Balaban J connectivity index is 1.41. The van der Waals surface area contributed by atoms with E-state index in [9.17, 15) is 4.39 Å². The van der Waals surface area contributed by atoms with E-state index in [1.54, 1.807) is 6.07 Å². The van der Waals surface area contributed by atoms with E-state index in [2.05, 4.69) is 46.3 Å². The Morgan fingerprint density at radius 3 is 2.71 bits per heavy atom. The van der Waals surface area contributed by atoms with Crippen molar-refractivity contribution >= 4 is 16.5 Å². The first kappa shape index (κ1) is 15.2. The van der Waals surface area contributed by atoms with Gasteiger partial charge in [0.15, 0.2) is 0 Å². The SMILES string of the molecule is Fc1ccc(CCN2CC=C(c3ccccc3)CC2)c2cc[nH]c12. The minimum atomic E-state index is -0.174. The van der Waals surface area contributed by atoms with Crippen LogP contribution in [0, 0.1) is 5.82 Å². The van der Waals surface area contributed by atoms with Crippen LogP contribution in [0.3, 0.4) is 0 Å². The van der Waals surface area contributed by atoms with E-state index >= 15 is 0 Å². The summed E-state index contributed by atoms with van der Waals surface area (Å²) in [6, 6.07) is 16.1. The molecule has 0 aliphatic carbocycles. The molecule has 1 N–H and O–H groups in total. The minimum absolute atomic E-state index is 0.174. The molecule has 0 atom stereocenters. The van der Waals surface area contributed by atoms with Crippen LogP contribution in [0.1, 0.15) is 17.5 Å². The van der Waals surface area contributed by atoms with Gasteiger partial charge >= 0.3 is 0 Å². The number of nitrogens with zero attached hydrogens (tertiary/aromatic N) is 1. The zero-order valence-corrected chi connectivity index (χ0v) is 13.6. The van der Waals surface area contributed by atoms with Gasteiger partial charge in [0.2, 0.25) is 0 Å². The van der Waals surface area contributed by atoms with Crippen molar-refractivity contribution in [1.29, 1.82) is 0 Å². The minimum Gasteiger partial charge on any atom is -0.359 e. The van der Waals surface area contributed by atoms with Crippen molar-refractivity contribution in [2.75, 3.05) is 19.6 Å². The Bertz CT molecular complexity index is 864. The Morgan fingerprint density at radius 2 is 1.92 bits per heavy atom. The van der Waals surface area contributed by atoms with Gasteiger partial charge in [0.05, 0.1) is 5.52 Å². The number of hydrogen-bond acceptors (Lipinski definition) is 1. The molecule has 3 aromatic rings. The maximum atomic E-state index is 13.7. The molecule has 2 heterocycles. The highest BCUT2D eigenvalue weighted by molar-refractivity contribution is 5.83.